The predicted molar refractivity (Wildman–Crippen MR) is 127 cm³/mol. The van der Waals surface area contributed by atoms with Crippen molar-refractivity contribution in [3.8, 4) is 5.75 Å². The summed E-state index contributed by atoms with van der Waals surface area (Å²) in [6.45, 7) is 8.45. The van der Waals surface area contributed by atoms with Crippen molar-refractivity contribution in [3.63, 3.8) is 0 Å². The number of carbonyl (C=O) groups is 1. The Balaban J connectivity index is 1.75. The molecule has 2 aromatic carbocycles. The summed E-state index contributed by atoms with van der Waals surface area (Å²) >= 11 is 6.16. The first-order valence-electron chi connectivity index (χ1n) is 10.4. The van der Waals surface area contributed by atoms with Crippen LogP contribution in [-0.4, -0.2) is 46.1 Å². The zero-order valence-corrected chi connectivity index (χ0v) is 20.6. The van der Waals surface area contributed by atoms with Crippen LogP contribution in [0.3, 0.4) is 0 Å². The monoisotopic (exact) mass is 479 g/mol. The van der Waals surface area contributed by atoms with Crippen molar-refractivity contribution in [2.45, 2.75) is 50.6 Å². The Morgan fingerprint density at radius 1 is 1.19 bits per heavy atom. The molecule has 2 N–H and O–H groups in total. The Labute approximate surface area is 195 Å². The van der Waals surface area contributed by atoms with Gasteiger partial charge in [0.25, 0.3) is 5.91 Å². The molecule has 0 radical (unpaired) electrons. The summed E-state index contributed by atoms with van der Waals surface area (Å²) in [7, 11) is -2.13. The van der Waals surface area contributed by atoms with E-state index in [-0.39, 0.29) is 16.8 Å². The minimum absolute atomic E-state index is 0.0693. The van der Waals surface area contributed by atoms with Crippen LogP contribution in [0.4, 0.5) is 5.69 Å². The van der Waals surface area contributed by atoms with Crippen LogP contribution in [0.5, 0.6) is 5.75 Å². The number of ether oxygens (including phenoxy) is 1. The number of sulfonamides is 1. The van der Waals surface area contributed by atoms with E-state index in [4.69, 9.17) is 16.3 Å². The molecule has 0 saturated carbocycles. The van der Waals surface area contributed by atoms with Gasteiger partial charge in [0.15, 0.2) is 0 Å². The van der Waals surface area contributed by atoms with E-state index in [1.165, 1.54) is 12.1 Å². The molecule has 1 unspecified atom stereocenters. The van der Waals surface area contributed by atoms with E-state index in [0.29, 0.717) is 22.7 Å². The number of amides is 1. The highest BCUT2D eigenvalue weighted by atomic mass is 35.5. The molecular formula is C23H30ClN3O4S. The van der Waals surface area contributed by atoms with Gasteiger partial charge in [-0.05, 0) is 70.0 Å². The van der Waals surface area contributed by atoms with Crippen LogP contribution in [0.15, 0.2) is 41.3 Å². The predicted octanol–water partition coefficient (Wildman–Crippen LogP) is 3.74. The number of halogens is 1. The molecule has 0 spiro atoms. The van der Waals surface area contributed by atoms with Gasteiger partial charge in [-0.25, -0.2) is 13.1 Å². The maximum atomic E-state index is 13.0. The lowest BCUT2D eigenvalue weighted by Gasteiger charge is -2.22. The number of benzene rings is 2. The molecular weight excluding hydrogens is 450 g/mol. The number of anilines is 1. The molecule has 1 heterocycles. The second kappa shape index (κ2) is 9.29. The van der Waals surface area contributed by atoms with E-state index in [2.05, 4.69) is 14.9 Å². The second-order valence-corrected chi connectivity index (χ2v) is 11.2. The zero-order valence-electron chi connectivity index (χ0n) is 19.0. The van der Waals surface area contributed by atoms with Crippen molar-refractivity contribution in [1.29, 1.82) is 0 Å². The van der Waals surface area contributed by atoms with Crippen LogP contribution in [-0.2, 0) is 10.0 Å². The highest BCUT2D eigenvalue weighted by molar-refractivity contribution is 7.89. The zero-order chi connectivity index (χ0) is 23.7. The lowest BCUT2D eigenvalue weighted by molar-refractivity contribution is 0.0939. The lowest BCUT2D eigenvalue weighted by atomic mass is 10.1. The third-order valence-electron chi connectivity index (χ3n) is 5.21. The summed E-state index contributed by atoms with van der Waals surface area (Å²) in [5.41, 5.74) is 1.32. The summed E-state index contributed by atoms with van der Waals surface area (Å²) in [5, 5.41) is 3.66. The number of carbonyl (C=O) groups excluding carboxylic acids is 1. The Morgan fingerprint density at radius 3 is 2.56 bits per heavy atom. The average molecular weight is 480 g/mol. The topological polar surface area (TPSA) is 87.7 Å². The van der Waals surface area contributed by atoms with Gasteiger partial charge in [0.1, 0.15) is 5.75 Å². The molecule has 9 heteroatoms. The van der Waals surface area contributed by atoms with Crippen molar-refractivity contribution in [2.75, 3.05) is 25.1 Å². The van der Waals surface area contributed by atoms with Crippen LogP contribution >= 0.6 is 11.6 Å². The highest BCUT2D eigenvalue weighted by Crippen LogP contribution is 2.33. The maximum absolute atomic E-state index is 13.0. The smallest absolute Gasteiger partial charge is 0.251 e. The fraction of sp³-hybridized carbons (Fsp3) is 0.435. The first-order chi connectivity index (χ1) is 14.9. The van der Waals surface area contributed by atoms with E-state index in [9.17, 15) is 13.2 Å². The van der Waals surface area contributed by atoms with Crippen molar-refractivity contribution < 1.29 is 17.9 Å². The van der Waals surface area contributed by atoms with Crippen molar-refractivity contribution >= 4 is 33.2 Å². The molecule has 174 valence electrons. The van der Waals surface area contributed by atoms with Gasteiger partial charge in [0.05, 0.1) is 17.7 Å². The maximum Gasteiger partial charge on any atom is 0.251 e. The number of hydrogen-bond donors (Lipinski definition) is 2. The number of aryl methyl sites for hydroxylation is 1. The molecule has 1 aliphatic heterocycles. The molecule has 0 bridgehead atoms. The average Bonchev–Trinajstić information content (AvgIpc) is 3.14. The fourth-order valence-corrected chi connectivity index (χ4v) is 5.36. The molecule has 32 heavy (non-hydrogen) atoms. The van der Waals surface area contributed by atoms with E-state index in [0.717, 1.165) is 24.4 Å². The van der Waals surface area contributed by atoms with Crippen LogP contribution in [0.25, 0.3) is 0 Å². The first kappa shape index (κ1) is 24.4. The van der Waals surface area contributed by atoms with Crippen LogP contribution in [0, 0.1) is 6.92 Å². The SMILES string of the molecule is COc1ccc(Cl)cc1N1CCC(NC(=O)c2cc(S(=O)(=O)NC(C)(C)C)ccc2C)C1. The Morgan fingerprint density at radius 2 is 1.91 bits per heavy atom. The van der Waals surface area contributed by atoms with Gasteiger partial charge in [-0.1, -0.05) is 17.7 Å². The van der Waals surface area contributed by atoms with Crippen molar-refractivity contribution in [3.05, 3.63) is 52.5 Å². The summed E-state index contributed by atoms with van der Waals surface area (Å²) in [5.74, 6) is 0.432. The third-order valence-corrected chi connectivity index (χ3v) is 7.20. The van der Waals surface area contributed by atoms with Crippen molar-refractivity contribution in [2.24, 2.45) is 0 Å². The van der Waals surface area contributed by atoms with Gasteiger partial charge in [0.2, 0.25) is 10.0 Å². The van der Waals surface area contributed by atoms with E-state index in [1.807, 2.05) is 12.1 Å². The third kappa shape index (κ3) is 5.74. The molecule has 1 amide bonds. The van der Waals surface area contributed by atoms with Crippen LogP contribution in [0.1, 0.15) is 43.1 Å². The molecule has 0 aromatic heterocycles. The molecule has 1 aliphatic rings. The van der Waals surface area contributed by atoms with Gasteiger partial charge in [-0.15, -0.1) is 0 Å². The number of nitrogens with zero attached hydrogens (tertiary/aromatic N) is 1. The highest BCUT2D eigenvalue weighted by Gasteiger charge is 2.28. The minimum atomic E-state index is -3.74. The Hall–Kier alpha value is -2.29. The molecule has 1 fully saturated rings. The normalized spacial score (nSPS) is 16.8. The second-order valence-electron chi connectivity index (χ2n) is 9.05. The van der Waals surface area contributed by atoms with Gasteiger partial charge < -0.3 is 15.0 Å². The number of hydrogen-bond acceptors (Lipinski definition) is 5. The van der Waals surface area contributed by atoms with E-state index >= 15 is 0 Å². The van der Waals surface area contributed by atoms with Gasteiger partial charge in [-0.2, -0.15) is 0 Å². The lowest BCUT2D eigenvalue weighted by Crippen LogP contribution is -2.40. The number of methoxy groups -OCH3 is 1. The molecule has 0 aliphatic carbocycles. The quantitative estimate of drug-likeness (QED) is 0.659. The van der Waals surface area contributed by atoms with Gasteiger partial charge in [0, 0.05) is 35.3 Å². The molecule has 2 aromatic rings. The molecule has 1 saturated heterocycles. The van der Waals surface area contributed by atoms with E-state index < -0.39 is 15.6 Å². The molecule has 7 nitrogen and oxygen atoms in total. The Kier molecular flexibility index (Phi) is 7.07. The summed E-state index contributed by atoms with van der Waals surface area (Å²) in [6.07, 6.45) is 0.754. The summed E-state index contributed by atoms with van der Waals surface area (Å²) < 4.78 is 33.5. The number of nitrogens with one attached hydrogen (secondary N) is 2. The largest absolute Gasteiger partial charge is 0.495 e. The first-order valence-corrected chi connectivity index (χ1v) is 12.3. The van der Waals surface area contributed by atoms with E-state index in [1.54, 1.807) is 46.9 Å². The fourth-order valence-electron chi connectivity index (χ4n) is 3.75. The van der Waals surface area contributed by atoms with Crippen molar-refractivity contribution in [1.82, 2.24) is 10.0 Å². The minimum Gasteiger partial charge on any atom is -0.495 e. The summed E-state index contributed by atoms with van der Waals surface area (Å²) in [6, 6.07) is 9.98. The standard InChI is InChI=1S/C23H30ClN3O4S/c1-15-6-8-18(32(29,30)26-23(2,3)4)13-19(15)22(28)25-17-10-11-27(14-17)20-12-16(24)7-9-21(20)31-5/h6-9,12-13,17,26H,10-11,14H2,1-5H3,(H,25,28). The van der Waals surface area contributed by atoms with Crippen LogP contribution < -0.4 is 19.7 Å². The van der Waals surface area contributed by atoms with Gasteiger partial charge >= 0.3 is 0 Å². The molecule has 1 atom stereocenters. The Bertz CT molecular complexity index is 1110. The number of rotatable bonds is 6. The molecule has 3 rings (SSSR count). The van der Waals surface area contributed by atoms with Crippen LogP contribution in [0.2, 0.25) is 5.02 Å². The summed E-state index contributed by atoms with van der Waals surface area (Å²) in [4.78, 5) is 15.2. The van der Waals surface area contributed by atoms with Gasteiger partial charge in [-0.3, -0.25) is 4.79 Å².